The minimum atomic E-state index is -0.397. The van der Waals surface area contributed by atoms with E-state index in [9.17, 15) is 5.11 Å². The van der Waals surface area contributed by atoms with Crippen LogP contribution in [0.5, 0.6) is 5.75 Å². The third-order valence-corrected chi connectivity index (χ3v) is 4.16. The first-order chi connectivity index (χ1) is 8.72. The summed E-state index contributed by atoms with van der Waals surface area (Å²) in [6.45, 7) is 0. The first kappa shape index (κ1) is 13.7. The van der Waals surface area contributed by atoms with Crippen molar-refractivity contribution in [3.05, 3.63) is 28.8 Å². The number of aliphatic hydroxyl groups excluding tert-OH is 1. The number of ether oxygens (including phenoxy) is 1. The van der Waals surface area contributed by atoms with Gasteiger partial charge in [0, 0.05) is 0 Å². The van der Waals surface area contributed by atoms with Gasteiger partial charge in [0.15, 0.2) is 0 Å². The van der Waals surface area contributed by atoms with Crippen LogP contribution >= 0.6 is 11.6 Å². The lowest BCUT2D eigenvalue weighted by molar-refractivity contribution is 0.0987. The van der Waals surface area contributed by atoms with Gasteiger partial charge in [0.2, 0.25) is 0 Å². The minimum Gasteiger partial charge on any atom is -0.495 e. The van der Waals surface area contributed by atoms with Gasteiger partial charge in [0.25, 0.3) is 0 Å². The van der Waals surface area contributed by atoms with Crippen LogP contribution in [0.3, 0.4) is 0 Å². The van der Waals surface area contributed by atoms with Gasteiger partial charge in [-0.25, -0.2) is 0 Å². The van der Waals surface area contributed by atoms with E-state index in [0.29, 0.717) is 16.7 Å². The third-order valence-electron chi connectivity index (χ3n) is 3.86. The standard InChI is InChI=1S/C15H21ClO2/c1-18-14-9-8-12(10-13(14)16)15(17)11-6-4-2-3-5-7-11/h8-11,15,17H,2-7H2,1H3. The monoisotopic (exact) mass is 268 g/mol. The van der Waals surface area contributed by atoms with Crippen LogP contribution in [-0.2, 0) is 0 Å². The highest BCUT2D eigenvalue weighted by atomic mass is 35.5. The second-order valence-corrected chi connectivity index (χ2v) is 5.50. The molecule has 1 unspecified atom stereocenters. The van der Waals surface area contributed by atoms with Gasteiger partial charge >= 0.3 is 0 Å². The Hall–Kier alpha value is -0.730. The van der Waals surface area contributed by atoms with Crippen LogP contribution < -0.4 is 4.74 Å². The molecule has 0 spiro atoms. The maximum atomic E-state index is 10.5. The SMILES string of the molecule is COc1ccc(C(O)C2CCCCCC2)cc1Cl. The average Bonchev–Trinajstić information content (AvgIpc) is 2.66. The van der Waals surface area contributed by atoms with Gasteiger partial charge in [0.05, 0.1) is 18.2 Å². The molecule has 1 N–H and O–H groups in total. The van der Waals surface area contributed by atoms with Crippen molar-refractivity contribution in [2.45, 2.75) is 44.6 Å². The average molecular weight is 269 g/mol. The lowest BCUT2D eigenvalue weighted by atomic mass is 9.89. The first-order valence-electron chi connectivity index (χ1n) is 6.74. The molecular formula is C15H21ClO2. The summed E-state index contributed by atoms with van der Waals surface area (Å²) >= 11 is 6.11. The summed E-state index contributed by atoms with van der Waals surface area (Å²) in [5, 5.41) is 11.0. The van der Waals surface area contributed by atoms with Crippen LogP contribution in [0.15, 0.2) is 18.2 Å². The van der Waals surface area contributed by atoms with E-state index in [4.69, 9.17) is 16.3 Å². The van der Waals surface area contributed by atoms with E-state index >= 15 is 0 Å². The van der Waals surface area contributed by atoms with Gasteiger partial charge in [0.1, 0.15) is 5.75 Å². The van der Waals surface area contributed by atoms with Crippen molar-refractivity contribution in [1.82, 2.24) is 0 Å². The molecule has 1 aliphatic carbocycles. The van der Waals surface area contributed by atoms with Gasteiger partial charge in [-0.3, -0.25) is 0 Å². The van der Waals surface area contributed by atoms with E-state index < -0.39 is 6.10 Å². The quantitative estimate of drug-likeness (QED) is 0.826. The molecule has 2 rings (SSSR count). The molecule has 1 aromatic carbocycles. The molecule has 100 valence electrons. The van der Waals surface area contributed by atoms with Crippen LogP contribution in [0, 0.1) is 5.92 Å². The Balaban J connectivity index is 2.11. The summed E-state index contributed by atoms with van der Waals surface area (Å²) in [7, 11) is 1.60. The Bertz CT molecular complexity index is 384. The highest BCUT2D eigenvalue weighted by molar-refractivity contribution is 6.32. The molecule has 0 aromatic heterocycles. The Morgan fingerprint density at radius 2 is 1.89 bits per heavy atom. The van der Waals surface area contributed by atoms with E-state index in [-0.39, 0.29) is 0 Å². The lowest BCUT2D eigenvalue weighted by Gasteiger charge is -2.22. The van der Waals surface area contributed by atoms with Crippen LogP contribution in [0.4, 0.5) is 0 Å². The van der Waals surface area contributed by atoms with Gasteiger partial charge in [-0.1, -0.05) is 43.4 Å². The molecule has 1 saturated carbocycles. The third kappa shape index (κ3) is 3.18. The second kappa shape index (κ2) is 6.44. The van der Waals surface area contributed by atoms with Crippen molar-refractivity contribution in [2.24, 2.45) is 5.92 Å². The molecule has 18 heavy (non-hydrogen) atoms. The Morgan fingerprint density at radius 3 is 2.44 bits per heavy atom. The number of benzene rings is 1. The van der Waals surface area contributed by atoms with Gasteiger partial charge in [-0.05, 0) is 36.5 Å². The number of hydrogen-bond acceptors (Lipinski definition) is 2. The van der Waals surface area contributed by atoms with Crippen LogP contribution in [0.25, 0.3) is 0 Å². The van der Waals surface area contributed by atoms with Crippen molar-refractivity contribution < 1.29 is 9.84 Å². The molecular weight excluding hydrogens is 248 g/mol. The Morgan fingerprint density at radius 1 is 1.22 bits per heavy atom. The predicted octanol–water partition coefficient (Wildman–Crippen LogP) is 4.35. The van der Waals surface area contributed by atoms with E-state index in [1.54, 1.807) is 7.11 Å². The smallest absolute Gasteiger partial charge is 0.137 e. The minimum absolute atomic E-state index is 0.372. The molecule has 1 atom stereocenters. The fourth-order valence-electron chi connectivity index (χ4n) is 2.77. The lowest BCUT2D eigenvalue weighted by Crippen LogP contribution is -2.12. The molecule has 3 heteroatoms. The number of methoxy groups -OCH3 is 1. The summed E-state index contributed by atoms with van der Waals surface area (Å²) in [5.41, 5.74) is 0.910. The molecule has 1 aliphatic rings. The first-order valence-corrected chi connectivity index (χ1v) is 7.11. The van der Waals surface area contributed by atoms with Crippen molar-refractivity contribution in [3.63, 3.8) is 0 Å². The summed E-state index contributed by atoms with van der Waals surface area (Å²) in [6.07, 6.45) is 6.89. The zero-order valence-corrected chi connectivity index (χ0v) is 11.6. The van der Waals surface area contributed by atoms with Crippen molar-refractivity contribution in [2.75, 3.05) is 7.11 Å². The number of halogens is 1. The van der Waals surface area contributed by atoms with E-state index in [0.717, 1.165) is 18.4 Å². The topological polar surface area (TPSA) is 29.5 Å². The molecule has 1 fully saturated rings. The number of aliphatic hydroxyl groups is 1. The van der Waals surface area contributed by atoms with Gasteiger partial charge in [-0.15, -0.1) is 0 Å². The molecule has 1 aromatic rings. The normalized spacial score (nSPS) is 19.3. The van der Waals surface area contributed by atoms with Crippen LogP contribution in [0.1, 0.15) is 50.2 Å². The fraction of sp³-hybridized carbons (Fsp3) is 0.600. The molecule has 0 saturated heterocycles. The van der Waals surface area contributed by atoms with E-state index in [1.807, 2.05) is 18.2 Å². The number of rotatable bonds is 3. The summed E-state index contributed by atoms with van der Waals surface area (Å²) in [5.74, 6) is 1.03. The zero-order valence-electron chi connectivity index (χ0n) is 10.9. The highest BCUT2D eigenvalue weighted by Gasteiger charge is 2.22. The van der Waals surface area contributed by atoms with Crippen LogP contribution in [0.2, 0.25) is 5.02 Å². The summed E-state index contributed by atoms with van der Waals surface area (Å²) in [6, 6.07) is 5.58. The predicted molar refractivity (Wildman–Crippen MR) is 74.2 cm³/mol. The molecule has 0 aliphatic heterocycles. The summed E-state index contributed by atoms with van der Waals surface area (Å²) < 4.78 is 5.13. The molecule has 0 bridgehead atoms. The van der Waals surface area contributed by atoms with Crippen LogP contribution in [-0.4, -0.2) is 12.2 Å². The molecule has 0 amide bonds. The van der Waals surface area contributed by atoms with E-state index in [2.05, 4.69) is 0 Å². The van der Waals surface area contributed by atoms with Crippen molar-refractivity contribution in [3.8, 4) is 5.75 Å². The zero-order chi connectivity index (χ0) is 13.0. The van der Waals surface area contributed by atoms with Crippen molar-refractivity contribution >= 4 is 11.6 Å². The highest BCUT2D eigenvalue weighted by Crippen LogP contribution is 2.36. The molecule has 0 radical (unpaired) electrons. The van der Waals surface area contributed by atoms with Gasteiger partial charge in [-0.2, -0.15) is 0 Å². The number of hydrogen-bond donors (Lipinski definition) is 1. The summed E-state index contributed by atoms with van der Waals surface area (Å²) in [4.78, 5) is 0. The molecule has 0 heterocycles. The molecule has 2 nitrogen and oxygen atoms in total. The largest absolute Gasteiger partial charge is 0.495 e. The Labute approximate surface area is 114 Å². The maximum absolute atomic E-state index is 10.5. The fourth-order valence-corrected chi connectivity index (χ4v) is 3.03. The van der Waals surface area contributed by atoms with Crippen molar-refractivity contribution in [1.29, 1.82) is 0 Å². The van der Waals surface area contributed by atoms with E-state index in [1.165, 1.54) is 25.7 Å². The second-order valence-electron chi connectivity index (χ2n) is 5.09. The Kier molecular flexibility index (Phi) is 4.90. The van der Waals surface area contributed by atoms with Gasteiger partial charge < -0.3 is 9.84 Å². The maximum Gasteiger partial charge on any atom is 0.137 e.